The molecule has 6 nitrogen and oxygen atoms in total. The number of esters is 1. The van der Waals surface area contributed by atoms with Crippen molar-refractivity contribution in [1.82, 2.24) is 0 Å². The van der Waals surface area contributed by atoms with Crippen LogP contribution in [0.15, 0.2) is 24.3 Å². The summed E-state index contributed by atoms with van der Waals surface area (Å²) in [6.07, 6.45) is -1.36. The molecule has 0 saturated heterocycles. The number of nitro groups is 1. The lowest BCUT2D eigenvalue weighted by molar-refractivity contribution is -0.384. The molecular formula is C12H9BrCl3NO5. The summed E-state index contributed by atoms with van der Waals surface area (Å²) in [6, 6.07) is 4.86. The van der Waals surface area contributed by atoms with Gasteiger partial charge >= 0.3 is 5.97 Å². The van der Waals surface area contributed by atoms with Crippen molar-refractivity contribution in [2.24, 2.45) is 0 Å². The van der Waals surface area contributed by atoms with Crippen LogP contribution in [0.1, 0.15) is 17.3 Å². The first kappa shape index (κ1) is 19.2. The van der Waals surface area contributed by atoms with Gasteiger partial charge in [0.2, 0.25) is 3.79 Å². The van der Waals surface area contributed by atoms with E-state index in [4.69, 9.17) is 39.5 Å². The van der Waals surface area contributed by atoms with Crippen LogP contribution >= 0.6 is 50.7 Å². The van der Waals surface area contributed by atoms with E-state index >= 15 is 0 Å². The third-order valence-corrected chi connectivity index (χ3v) is 4.04. The van der Waals surface area contributed by atoms with Crippen LogP contribution in [0, 0.1) is 10.1 Å². The Morgan fingerprint density at radius 1 is 1.27 bits per heavy atom. The summed E-state index contributed by atoms with van der Waals surface area (Å²) in [6.45, 7) is 1.11. The van der Waals surface area contributed by atoms with Crippen LogP contribution in [0.5, 0.6) is 0 Å². The van der Waals surface area contributed by atoms with Crippen molar-refractivity contribution in [3.63, 3.8) is 0 Å². The molecule has 0 heterocycles. The number of hydrogen-bond donors (Lipinski definition) is 0. The minimum absolute atomic E-state index is 0.138. The number of nitro benzene ring substituents is 1. The van der Waals surface area contributed by atoms with Gasteiger partial charge in [0.15, 0.2) is 11.9 Å². The standard InChI is InChI=1S/C12H9BrCl3NO5/c1-6(18)22-11(12(14,15)16)9(13)10(19)7-2-4-8(5-3-7)17(20)21/h2-5,9,11H,1H3/t9-,11-/m0/s1. The average Bonchev–Trinajstić information content (AvgIpc) is 2.42. The molecule has 0 bridgehead atoms. The van der Waals surface area contributed by atoms with E-state index in [1.165, 1.54) is 24.3 Å². The monoisotopic (exact) mass is 431 g/mol. The fraction of sp³-hybridized carbons (Fsp3) is 0.333. The fourth-order valence-electron chi connectivity index (χ4n) is 1.52. The molecule has 0 saturated carbocycles. The molecule has 1 rings (SSSR count). The highest BCUT2D eigenvalue weighted by Crippen LogP contribution is 2.37. The van der Waals surface area contributed by atoms with Gasteiger partial charge in [0.1, 0.15) is 4.83 Å². The van der Waals surface area contributed by atoms with Gasteiger partial charge in [-0.25, -0.2) is 0 Å². The zero-order chi connectivity index (χ0) is 17.1. The number of halogens is 4. The van der Waals surface area contributed by atoms with E-state index in [0.29, 0.717) is 0 Å². The number of carbonyl (C=O) groups is 2. The Morgan fingerprint density at radius 2 is 1.77 bits per heavy atom. The number of non-ortho nitro benzene ring substituents is 1. The number of benzene rings is 1. The van der Waals surface area contributed by atoms with E-state index in [0.717, 1.165) is 6.92 Å². The van der Waals surface area contributed by atoms with Crippen LogP contribution < -0.4 is 0 Å². The Morgan fingerprint density at radius 3 is 2.14 bits per heavy atom. The van der Waals surface area contributed by atoms with Crippen molar-refractivity contribution in [2.45, 2.75) is 21.6 Å². The minimum atomic E-state index is -2.03. The zero-order valence-electron chi connectivity index (χ0n) is 11.0. The largest absolute Gasteiger partial charge is 0.456 e. The molecule has 0 amide bonds. The van der Waals surface area contributed by atoms with Crippen molar-refractivity contribution in [2.75, 3.05) is 0 Å². The molecule has 0 aliphatic heterocycles. The van der Waals surface area contributed by atoms with E-state index in [1.54, 1.807) is 0 Å². The summed E-state index contributed by atoms with van der Waals surface area (Å²) in [5.41, 5.74) is -0.0283. The van der Waals surface area contributed by atoms with Gasteiger partial charge < -0.3 is 4.74 Å². The SMILES string of the molecule is CC(=O)O[C@@H]([C@@H](Br)C(=O)c1ccc([N+](=O)[O-])cc1)C(Cl)(Cl)Cl. The van der Waals surface area contributed by atoms with Crippen molar-refractivity contribution in [1.29, 1.82) is 0 Å². The van der Waals surface area contributed by atoms with Crippen molar-refractivity contribution in [3.05, 3.63) is 39.9 Å². The number of alkyl halides is 4. The van der Waals surface area contributed by atoms with Gasteiger partial charge in [0.25, 0.3) is 5.69 Å². The Labute approximate surface area is 148 Å². The molecule has 0 radical (unpaired) electrons. The average molecular weight is 433 g/mol. The molecule has 0 spiro atoms. The highest BCUT2D eigenvalue weighted by atomic mass is 79.9. The van der Waals surface area contributed by atoms with Crippen molar-refractivity contribution in [3.8, 4) is 0 Å². The lowest BCUT2D eigenvalue weighted by Crippen LogP contribution is -2.42. The number of carbonyl (C=O) groups excluding carboxylic acids is 2. The van der Waals surface area contributed by atoms with Crippen LogP contribution in [0.25, 0.3) is 0 Å². The molecule has 0 aliphatic rings. The second-order valence-electron chi connectivity index (χ2n) is 4.14. The molecular weight excluding hydrogens is 424 g/mol. The molecule has 0 unspecified atom stereocenters. The lowest BCUT2D eigenvalue weighted by Gasteiger charge is -2.27. The van der Waals surface area contributed by atoms with Crippen LogP contribution in [-0.2, 0) is 9.53 Å². The van der Waals surface area contributed by atoms with Crippen molar-refractivity contribution < 1.29 is 19.2 Å². The molecule has 22 heavy (non-hydrogen) atoms. The van der Waals surface area contributed by atoms with Gasteiger partial charge in [-0.3, -0.25) is 19.7 Å². The van der Waals surface area contributed by atoms with Gasteiger partial charge in [-0.2, -0.15) is 0 Å². The Balaban J connectivity index is 3.02. The molecule has 1 aromatic rings. The summed E-state index contributed by atoms with van der Waals surface area (Å²) in [4.78, 5) is 32.2. The minimum Gasteiger partial charge on any atom is -0.456 e. The quantitative estimate of drug-likeness (QED) is 0.232. The fourth-order valence-corrected chi connectivity index (χ4v) is 3.25. The number of hydrogen-bond acceptors (Lipinski definition) is 5. The Kier molecular flexibility index (Phi) is 6.61. The second-order valence-corrected chi connectivity index (χ2v) is 7.50. The third kappa shape index (κ3) is 5.08. The highest BCUT2D eigenvalue weighted by Gasteiger charge is 2.43. The normalized spacial score (nSPS) is 14.0. The van der Waals surface area contributed by atoms with Gasteiger partial charge in [-0.1, -0.05) is 50.7 Å². The maximum absolute atomic E-state index is 12.3. The smallest absolute Gasteiger partial charge is 0.303 e. The van der Waals surface area contributed by atoms with Crippen LogP contribution in [0.3, 0.4) is 0 Å². The Bertz CT molecular complexity index is 587. The first-order valence-corrected chi connectivity index (χ1v) is 7.75. The maximum atomic E-state index is 12.3. The predicted octanol–water partition coefficient (Wildman–Crippen LogP) is 3.84. The topological polar surface area (TPSA) is 86.5 Å². The molecule has 0 fully saturated rings. The summed E-state index contributed by atoms with van der Waals surface area (Å²) < 4.78 is 2.84. The third-order valence-electron chi connectivity index (χ3n) is 2.49. The number of ketones is 1. The molecule has 2 atom stereocenters. The number of ether oxygens (including phenoxy) is 1. The molecule has 0 N–H and O–H groups in total. The molecule has 0 aromatic heterocycles. The first-order valence-electron chi connectivity index (χ1n) is 5.70. The van der Waals surface area contributed by atoms with Gasteiger partial charge in [-0.05, 0) is 12.1 Å². The van der Waals surface area contributed by atoms with Crippen LogP contribution in [-0.4, -0.2) is 31.4 Å². The molecule has 10 heteroatoms. The summed E-state index contributed by atoms with van der Waals surface area (Å²) in [5.74, 6) is -1.27. The van der Waals surface area contributed by atoms with E-state index in [-0.39, 0.29) is 11.3 Å². The number of nitrogens with zero attached hydrogens (tertiary/aromatic N) is 1. The van der Waals surface area contributed by atoms with E-state index in [1.807, 2.05) is 0 Å². The van der Waals surface area contributed by atoms with Crippen molar-refractivity contribution >= 4 is 68.2 Å². The summed E-state index contributed by atoms with van der Waals surface area (Å²) in [5, 5.41) is 10.6. The predicted molar refractivity (Wildman–Crippen MR) is 86.0 cm³/mol. The van der Waals surface area contributed by atoms with E-state index in [9.17, 15) is 19.7 Å². The Hall–Kier alpha value is -0.890. The maximum Gasteiger partial charge on any atom is 0.303 e. The number of rotatable bonds is 5. The van der Waals surface area contributed by atoms with Crippen LogP contribution in [0.2, 0.25) is 0 Å². The lowest BCUT2D eigenvalue weighted by atomic mass is 10.1. The van der Waals surface area contributed by atoms with Gasteiger partial charge in [0, 0.05) is 24.6 Å². The summed E-state index contributed by atoms with van der Waals surface area (Å²) in [7, 11) is 0. The van der Waals surface area contributed by atoms with E-state index < -0.39 is 31.4 Å². The summed E-state index contributed by atoms with van der Waals surface area (Å²) >= 11 is 20.2. The zero-order valence-corrected chi connectivity index (χ0v) is 14.8. The molecule has 0 aliphatic carbocycles. The van der Waals surface area contributed by atoms with E-state index in [2.05, 4.69) is 15.9 Å². The van der Waals surface area contributed by atoms with Gasteiger partial charge in [0.05, 0.1) is 4.92 Å². The first-order chi connectivity index (χ1) is 10.0. The van der Waals surface area contributed by atoms with Crippen LogP contribution in [0.4, 0.5) is 5.69 Å². The number of Topliss-reactive ketones (excluding diaryl/α,β-unsaturated/α-hetero) is 1. The highest BCUT2D eigenvalue weighted by molar-refractivity contribution is 9.10. The molecule has 120 valence electrons. The molecule has 1 aromatic carbocycles. The second kappa shape index (κ2) is 7.59. The van der Waals surface area contributed by atoms with Gasteiger partial charge in [-0.15, -0.1) is 0 Å².